The Morgan fingerprint density at radius 2 is 1.50 bits per heavy atom. The first-order valence-corrected chi connectivity index (χ1v) is 11.1. The highest BCUT2D eigenvalue weighted by molar-refractivity contribution is 5.81. The Hall–Kier alpha value is -1.99. The summed E-state index contributed by atoms with van der Waals surface area (Å²) in [6.45, 7) is 10.9. The number of hydrogen-bond acceptors (Lipinski definition) is 7. The Morgan fingerprint density at radius 3 is 2.07 bits per heavy atom. The van der Waals surface area contributed by atoms with Gasteiger partial charge in [0.05, 0.1) is 6.07 Å². The third-order valence-electron chi connectivity index (χ3n) is 5.46. The number of nitrogens with zero attached hydrogens (tertiary/aromatic N) is 3. The molecule has 0 aliphatic carbocycles. The van der Waals surface area contributed by atoms with Gasteiger partial charge in [-0.1, -0.05) is 12.2 Å². The fourth-order valence-electron chi connectivity index (χ4n) is 3.58. The molecule has 0 aromatic rings. The minimum absolute atomic E-state index is 0.00359. The van der Waals surface area contributed by atoms with Gasteiger partial charge in [0, 0.05) is 85.0 Å². The summed E-state index contributed by atoms with van der Waals surface area (Å²) < 4.78 is 0. The molecule has 9 nitrogen and oxygen atoms in total. The molecule has 2 amide bonds. The molecule has 0 radical (unpaired) electrons. The smallest absolute Gasteiger partial charge is 0.237 e. The zero-order valence-corrected chi connectivity index (χ0v) is 18.0. The van der Waals surface area contributed by atoms with Crippen LogP contribution in [0.15, 0.2) is 12.2 Å². The van der Waals surface area contributed by atoms with Crippen LogP contribution < -0.4 is 21.3 Å². The number of carbonyl (C=O) groups excluding carboxylic acids is 2. The van der Waals surface area contributed by atoms with Crippen LogP contribution in [-0.4, -0.2) is 100 Å². The molecule has 2 aliphatic heterocycles. The molecule has 30 heavy (non-hydrogen) atoms. The molecule has 2 saturated heterocycles. The molecule has 2 heterocycles. The Balaban J connectivity index is 1.51. The summed E-state index contributed by atoms with van der Waals surface area (Å²) in [6, 6.07) is 2.09. The minimum Gasteiger partial charge on any atom is -0.355 e. The number of allylic oxidation sites excluding steroid dienone is 1. The fourth-order valence-corrected chi connectivity index (χ4v) is 3.58. The molecular formula is C21H37N7O2. The van der Waals surface area contributed by atoms with Gasteiger partial charge in [0.1, 0.15) is 5.92 Å². The first kappa shape index (κ1) is 24.3. The van der Waals surface area contributed by atoms with E-state index in [0.717, 1.165) is 65.4 Å². The van der Waals surface area contributed by atoms with Crippen molar-refractivity contribution < 1.29 is 9.59 Å². The minimum atomic E-state index is -0.648. The van der Waals surface area contributed by atoms with Gasteiger partial charge in [0.25, 0.3) is 0 Å². The van der Waals surface area contributed by atoms with Crippen molar-refractivity contribution in [2.45, 2.75) is 19.3 Å². The molecule has 1 unspecified atom stereocenters. The average molecular weight is 420 g/mol. The largest absolute Gasteiger partial charge is 0.355 e. The second-order valence-electron chi connectivity index (χ2n) is 7.76. The van der Waals surface area contributed by atoms with Crippen molar-refractivity contribution in [2.75, 3.05) is 78.5 Å². The number of hydrogen-bond donors (Lipinski definition) is 4. The molecule has 2 fully saturated rings. The zero-order valence-electron chi connectivity index (χ0n) is 18.0. The lowest BCUT2D eigenvalue weighted by Gasteiger charge is -2.27. The molecule has 2 rings (SSSR count). The zero-order chi connectivity index (χ0) is 21.4. The van der Waals surface area contributed by atoms with Crippen LogP contribution >= 0.6 is 0 Å². The number of nitrogens with one attached hydrogen (secondary N) is 4. The number of piperazine rings is 2. The lowest BCUT2D eigenvalue weighted by atomic mass is 10.0. The summed E-state index contributed by atoms with van der Waals surface area (Å²) in [6.07, 6.45) is 5.11. The second-order valence-corrected chi connectivity index (χ2v) is 7.76. The van der Waals surface area contributed by atoms with E-state index in [2.05, 4.69) is 37.1 Å². The van der Waals surface area contributed by atoms with E-state index in [1.54, 1.807) is 0 Å². The van der Waals surface area contributed by atoms with Crippen molar-refractivity contribution in [1.29, 1.82) is 5.26 Å². The van der Waals surface area contributed by atoms with Crippen molar-refractivity contribution in [3.63, 3.8) is 0 Å². The van der Waals surface area contributed by atoms with Crippen molar-refractivity contribution in [3.8, 4) is 6.07 Å². The van der Waals surface area contributed by atoms with Gasteiger partial charge in [-0.15, -0.1) is 0 Å². The molecule has 0 aromatic carbocycles. The second kappa shape index (κ2) is 14.9. The Kier molecular flexibility index (Phi) is 12.1. The maximum Gasteiger partial charge on any atom is 0.237 e. The van der Waals surface area contributed by atoms with Gasteiger partial charge < -0.3 is 21.3 Å². The van der Waals surface area contributed by atoms with Gasteiger partial charge in [-0.3, -0.25) is 19.4 Å². The first-order valence-electron chi connectivity index (χ1n) is 11.1. The van der Waals surface area contributed by atoms with Gasteiger partial charge in [-0.05, 0) is 12.8 Å². The summed E-state index contributed by atoms with van der Waals surface area (Å²) >= 11 is 0. The van der Waals surface area contributed by atoms with Crippen LogP contribution in [0, 0.1) is 17.2 Å². The quantitative estimate of drug-likeness (QED) is 0.297. The van der Waals surface area contributed by atoms with Crippen LogP contribution in [-0.2, 0) is 9.59 Å². The van der Waals surface area contributed by atoms with E-state index in [4.69, 9.17) is 0 Å². The predicted molar refractivity (Wildman–Crippen MR) is 117 cm³/mol. The first-order chi connectivity index (χ1) is 14.7. The molecule has 9 heteroatoms. The molecule has 168 valence electrons. The monoisotopic (exact) mass is 419 g/mol. The Bertz CT molecular complexity index is 578. The van der Waals surface area contributed by atoms with Crippen molar-refractivity contribution in [2.24, 2.45) is 5.92 Å². The number of nitriles is 1. The van der Waals surface area contributed by atoms with Gasteiger partial charge in [0.15, 0.2) is 0 Å². The summed E-state index contributed by atoms with van der Waals surface area (Å²) in [5, 5.41) is 21.7. The van der Waals surface area contributed by atoms with Crippen LogP contribution in [0.5, 0.6) is 0 Å². The molecule has 0 aromatic heterocycles. The lowest BCUT2D eigenvalue weighted by Crippen LogP contribution is -2.46. The number of amides is 2. The van der Waals surface area contributed by atoms with Crippen LogP contribution in [0.2, 0.25) is 0 Å². The van der Waals surface area contributed by atoms with Gasteiger partial charge in [-0.25, -0.2) is 0 Å². The van der Waals surface area contributed by atoms with Crippen LogP contribution in [0.4, 0.5) is 0 Å². The van der Waals surface area contributed by atoms with E-state index in [1.807, 2.05) is 12.2 Å². The highest BCUT2D eigenvalue weighted by atomic mass is 16.2. The van der Waals surface area contributed by atoms with Crippen molar-refractivity contribution in [1.82, 2.24) is 31.1 Å². The molecule has 2 aliphatic rings. The van der Waals surface area contributed by atoms with E-state index < -0.39 is 5.92 Å². The normalized spacial score (nSPS) is 19.3. The number of rotatable bonds is 12. The van der Waals surface area contributed by atoms with Crippen molar-refractivity contribution >= 4 is 11.8 Å². The van der Waals surface area contributed by atoms with E-state index in [9.17, 15) is 14.9 Å². The molecule has 0 saturated carbocycles. The molecular weight excluding hydrogens is 382 g/mol. The van der Waals surface area contributed by atoms with E-state index in [-0.39, 0.29) is 11.8 Å². The third-order valence-corrected chi connectivity index (χ3v) is 5.46. The Labute approximate surface area is 180 Å². The maximum absolute atomic E-state index is 12.2. The standard InChI is InChI=1S/C21H37N7O2/c22-18-19(21(30)26-11-17-28-14-8-24-9-15-28)4-2-1-3-5-20(29)25-10-16-27-12-6-23-7-13-27/h1,3,19,23-24H,2,4-17H2,(H,25,29)(H,26,30). The maximum atomic E-state index is 12.2. The van der Waals surface area contributed by atoms with Gasteiger partial charge in [0.2, 0.25) is 11.8 Å². The summed E-state index contributed by atoms with van der Waals surface area (Å²) in [4.78, 5) is 28.7. The summed E-state index contributed by atoms with van der Waals surface area (Å²) in [5.74, 6) is -0.846. The summed E-state index contributed by atoms with van der Waals surface area (Å²) in [5.41, 5.74) is 0. The average Bonchev–Trinajstić information content (AvgIpc) is 2.77. The van der Waals surface area contributed by atoms with Crippen LogP contribution in [0.1, 0.15) is 19.3 Å². The molecule has 1 atom stereocenters. The lowest BCUT2D eigenvalue weighted by molar-refractivity contribution is -0.123. The van der Waals surface area contributed by atoms with Gasteiger partial charge in [-0.2, -0.15) is 5.26 Å². The molecule has 0 spiro atoms. The third kappa shape index (κ3) is 10.2. The fraction of sp³-hybridized carbons (Fsp3) is 0.762. The van der Waals surface area contributed by atoms with Crippen LogP contribution in [0.25, 0.3) is 0 Å². The van der Waals surface area contributed by atoms with E-state index in [0.29, 0.717) is 32.4 Å². The highest BCUT2D eigenvalue weighted by Crippen LogP contribution is 2.07. The number of carbonyl (C=O) groups is 2. The van der Waals surface area contributed by atoms with Crippen molar-refractivity contribution in [3.05, 3.63) is 12.2 Å². The molecule has 0 bridgehead atoms. The van der Waals surface area contributed by atoms with E-state index >= 15 is 0 Å². The highest BCUT2D eigenvalue weighted by Gasteiger charge is 2.17. The van der Waals surface area contributed by atoms with Gasteiger partial charge >= 0.3 is 0 Å². The topological polar surface area (TPSA) is 113 Å². The van der Waals surface area contributed by atoms with Crippen LogP contribution in [0.3, 0.4) is 0 Å². The Morgan fingerprint density at radius 1 is 0.933 bits per heavy atom. The van der Waals surface area contributed by atoms with E-state index in [1.165, 1.54) is 0 Å². The molecule has 4 N–H and O–H groups in total. The SMILES string of the molecule is N#CC(CCC=CCC(=O)NCCN1CCNCC1)C(=O)NCCN1CCNCC1. The summed E-state index contributed by atoms with van der Waals surface area (Å²) in [7, 11) is 0. The predicted octanol–water partition coefficient (Wildman–Crippen LogP) is -1.10.